The van der Waals surface area contributed by atoms with Gasteiger partial charge in [-0.1, -0.05) is 41.9 Å². The number of nitrogens with zero attached hydrogens (tertiary/aromatic N) is 2. The summed E-state index contributed by atoms with van der Waals surface area (Å²) in [5.41, 5.74) is 0.800. The molecule has 0 spiro atoms. The second-order valence-electron chi connectivity index (χ2n) is 5.27. The fourth-order valence-electron chi connectivity index (χ4n) is 1.83. The van der Waals surface area contributed by atoms with Crippen LogP contribution in [0.5, 0.6) is 0 Å². The van der Waals surface area contributed by atoms with E-state index in [0.29, 0.717) is 5.69 Å². The lowest BCUT2D eigenvalue weighted by Crippen LogP contribution is -2.23. The van der Waals surface area contributed by atoms with Gasteiger partial charge in [-0.05, 0) is 20.8 Å². The summed E-state index contributed by atoms with van der Waals surface area (Å²) in [4.78, 5) is 11.4. The van der Waals surface area contributed by atoms with E-state index >= 15 is 0 Å². The summed E-state index contributed by atoms with van der Waals surface area (Å²) in [6, 6.07) is 9.18. The maximum absolute atomic E-state index is 11.4. The van der Waals surface area contributed by atoms with E-state index in [4.69, 9.17) is 11.6 Å². The Morgan fingerprint density at radius 2 is 1.84 bits per heavy atom. The minimum absolute atomic E-state index is 0.0443. The molecule has 1 aromatic carbocycles. The number of carbonyl (C=O) groups is 1. The molecule has 0 unspecified atom stereocenters. The van der Waals surface area contributed by atoms with Gasteiger partial charge in [-0.25, -0.2) is 9.48 Å². The van der Waals surface area contributed by atoms with Gasteiger partial charge in [0.05, 0.1) is 5.54 Å². The molecular formula is C14H15ClN2O2. The van der Waals surface area contributed by atoms with Crippen LogP contribution < -0.4 is 0 Å². The van der Waals surface area contributed by atoms with Crippen LogP contribution in [0.3, 0.4) is 0 Å². The summed E-state index contributed by atoms with van der Waals surface area (Å²) < 4.78 is 1.54. The van der Waals surface area contributed by atoms with E-state index in [0.717, 1.165) is 5.56 Å². The molecule has 2 rings (SSSR count). The number of hydrogen-bond acceptors (Lipinski definition) is 2. The van der Waals surface area contributed by atoms with Crippen molar-refractivity contribution < 1.29 is 9.90 Å². The highest BCUT2D eigenvalue weighted by Gasteiger charge is 2.28. The molecule has 0 fully saturated rings. The van der Waals surface area contributed by atoms with Crippen LogP contribution >= 0.6 is 11.6 Å². The fourth-order valence-corrected chi connectivity index (χ4v) is 2.29. The lowest BCUT2D eigenvalue weighted by atomic mass is 10.1. The number of halogens is 1. The van der Waals surface area contributed by atoms with Gasteiger partial charge in [0.1, 0.15) is 16.4 Å². The quantitative estimate of drug-likeness (QED) is 0.912. The third kappa shape index (κ3) is 2.49. The highest BCUT2D eigenvalue weighted by molar-refractivity contribution is 6.33. The first-order valence-corrected chi connectivity index (χ1v) is 6.28. The van der Waals surface area contributed by atoms with Gasteiger partial charge in [0, 0.05) is 5.56 Å². The Hall–Kier alpha value is -1.81. The number of hydrogen-bond donors (Lipinski definition) is 1. The molecule has 4 nitrogen and oxygen atoms in total. The van der Waals surface area contributed by atoms with Crippen molar-refractivity contribution in [3.8, 4) is 11.3 Å². The van der Waals surface area contributed by atoms with Crippen molar-refractivity contribution in [1.29, 1.82) is 0 Å². The SMILES string of the molecule is CC(C)(C)n1nc(-c2ccccc2)c(C(=O)O)c1Cl. The van der Waals surface area contributed by atoms with E-state index in [-0.39, 0.29) is 16.3 Å². The third-order valence-electron chi connectivity index (χ3n) is 2.73. The van der Waals surface area contributed by atoms with Gasteiger partial charge >= 0.3 is 5.97 Å². The molecular weight excluding hydrogens is 264 g/mol. The molecule has 0 amide bonds. The molecule has 0 aliphatic heterocycles. The van der Waals surface area contributed by atoms with Crippen molar-refractivity contribution in [1.82, 2.24) is 9.78 Å². The number of rotatable bonds is 2. The molecule has 19 heavy (non-hydrogen) atoms. The second-order valence-corrected chi connectivity index (χ2v) is 5.63. The molecule has 5 heteroatoms. The van der Waals surface area contributed by atoms with Gasteiger partial charge in [-0.15, -0.1) is 0 Å². The predicted octanol–water partition coefficient (Wildman–Crippen LogP) is 3.66. The Kier molecular flexibility index (Phi) is 3.37. The van der Waals surface area contributed by atoms with Gasteiger partial charge in [0.2, 0.25) is 0 Å². The lowest BCUT2D eigenvalue weighted by molar-refractivity contribution is 0.0697. The Morgan fingerprint density at radius 1 is 1.26 bits per heavy atom. The zero-order valence-corrected chi connectivity index (χ0v) is 11.8. The number of carboxylic acids is 1. The summed E-state index contributed by atoms with van der Waals surface area (Å²) in [6.07, 6.45) is 0. The van der Waals surface area contributed by atoms with Crippen molar-refractivity contribution in [2.45, 2.75) is 26.3 Å². The van der Waals surface area contributed by atoms with Gasteiger partial charge in [0.25, 0.3) is 0 Å². The summed E-state index contributed by atoms with van der Waals surface area (Å²) in [5, 5.41) is 13.9. The molecule has 0 bridgehead atoms. The topological polar surface area (TPSA) is 55.1 Å². The van der Waals surface area contributed by atoms with Crippen LogP contribution in [0.25, 0.3) is 11.3 Å². The largest absolute Gasteiger partial charge is 0.478 e. The number of carboxylic acid groups (broad SMARTS) is 1. The molecule has 0 saturated heterocycles. The molecule has 0 saturated carbocycles. The summed E-state index contributed by atoms with van der Waals surface area (Å²) in [6.45, 7) is 5.77. The van der Waals surface area contributed by atoms with Crippen molar-refractivity contribution in [3.63, 3.8) is 0 Å². The smallest absolute Gasteiger partial charge is 0.341 e. The maximum atomic E-state index is 11.4. The minimum atomic E-state index is -1.07. The van der Waals surface area contributed by atoms with Crippen LogP contribution in [0, 0.1) is 0 Å². The molecule has 0 aliphatic rings. The number of aromatic carboxylic acids is 1. The van der Waals surface area contributed by atoms with E-state index in [9.17, 15) is 9.90 Å². The molecule has 2 aromatic rings. The van der Waals surface area contributed by atoms with Crippen LogP contribution in [0.15, 0.2) is 30.3 Å². The minimum Gasteiger partial charge on any atom is -0.478 e. The average molecular weight is 279 g/mol. The molecule has 0 aliphatic carbocycles. The van der Waals surface area contributed by atoms with E-state index in [2.05, 4.69) is 5.10 Å². The van der Waals surface area contributed by atoms with E-state index in [1.54, 1.807) is 4.68 Å². The van der Waals surface area contributed by atoms with Crippen LogP contribution in [0.4, 0.5) is 0 Å². The second kappa shape index (κ2) is 4.70. The molecule has 1 N–H and O–H groups in total. The summed E-state index contributed by atoms with van der Waals surface area (Å²) in [7, 11) is 0. The lowest BCUT2D eigenvalue weighted by Gasteiger charge is -2.20. The Morgan fingerprint density at radius 3 is 2.32 bits per heavy atom. The monoisotopic (exact) mass is 278 g/mol. The first kappa shape index (κ1) is 13.6. The van der Waals surface area contributed by atoms with Gasteiger partial charge in [-0.3, -0.25) is 0 Å². The third-order valence-corrected chi connectivity index (χ3v) is 3.07. The first-order valence-electron chi connectivity index (χ1n) is 5.90. The predicted molar refractivity (Wildman–Crippen MR) is 74.6 cm³/mol. The van der Waals surface area contributed by atoms with E-state index < -0.39 is 5.97 Å². The van der Waals surface area contributed by atoms with Gasteiger partial charge < -0.3 is 5.11 Å². The van der Waals surface area contributed by atoms with Crippen LogP contribution in [-0.2, 0) is 5.54 Å². The van der Waals surface area contributed by atoms with Crippen LogP contribution in [-0.4, -0.2) is 20.9 Å². The standard InChI is InChI=1S/C14H15ClN2O2/c1-14(2,3)17-12(15)10(13(18)19)11(16-17)9-7-5-4-6-8-9/h4-8H,1-3H3,(H,18,19). The zero-order chi connectivity index (χ0) is 14.2. The number of benzene rings is 1. The molecule has 0 radical (unpaired) electrons. The molecule has 1 heterocycles. The summed E-state index contributed by atoms with van der Waals surface area (Å²) in [5.74, 6) is -1.07. The number of aromatic nitrogens is 2. The van der Waals surface area contributed by atoms with Crippen LogP contribution in [0.1, 0.15) is 31.1 Å². The maximum Gasteiger partial charge on any atom is 0.341 e. The van der Waals surface area contributed by atoms with Gasteiger partial charge in [-0.2, -0.15) is 5.10 Å². The molecule has 1 aromatic heterocycles. The molecule has 100 valence electrons. The Balaban J connectivity index is 2.71. The van der Waals surface area contributed by atoms with Crippen molar-refractivity contribution in [3.05, 3.63) is 41.0 Å². The Labute approximate surface area is 116 Å². The average Bonchev–Trinajstić information content (AvgIpc) is 2.68. The van der Waals surface area contributed by atoms with E-state index in [1.165, 1.54) is 0 Å². The highest BCUT2D eigenvalue weighted by Crippen LogP contribution is 2.32. The van der Waals surface area contributed by atoms with Gasteiger partial charge in [0.15, 0.2) is 0 Å². The Bertz CT molecular complexity index is 612. The van der Waals surface area contributed by atoms with Crippen molar-refractivity contribution in [2.75, 3.05) is 0 Å². The normalized spacial score (nSPS) is 11.6. The summed E-state index contributed by atoms with van der Waals surface area (Å²) >= 11 is 6.18. The highest BCUT2D eigenvalue weighted by atomic mass is 35.5. The molecule has 0 atom stereocenters. The first-order chi connectivity index (χ1) is 8.82. The van der Waals surface area contributed by atoms with Crippen LogP contribution in [0.2, 0.25) is 5.15 Å². The zero-order valence-electron chi connectivity index (χ0n) is 11.0. The van der Waals surface area contributed by atoms with Crippen molar-refractivity contribution in [2.24, 2.45) is 0 Å². The van der Waals surface area contributed by atoms with E-state index in [1.807, 2.05) is 51.1 Å². The van der Waals surface area contributed by atoms with Crippen molar-refractivity contribution >= 4 is 17.6 Å². The fraction of sp³-hybridized carbons (Fsp3) is 0.286.